The van der Waals surface area contributed by atoms with Gasteiger partial charge in [0.05, 0.1) is 4.90 Å². The molecule has 10 heteroatoms. The molecule has 0 aliphatic rings. The molecule has 2 aromatic carbocycles. The van der Waals surface area contributed by atoms with E-state index in [-0.39, 0.29) is 11.5 Å². The molecule has 0 fully saturated rings. The normalized spacial score (nSPS) is 11.5. The standard InChI is InChI=1S/C16H15ClN4O4S/c1-10-7-11(17)3-5-13(10)18-16(22)9-25-21-15-8-12(26(2,23)24)4-6-14(15)19-20-21/h3-8H,9H2,1-2H3,(H,18,22). The number of sulfone groups is 1. The summed E-state index contributed by atoms with van der Waals surface area (Å²) in [7, 11) is -3.38. The molecule has 26 heavy (non-hydrogen) atoms. The average molecular weight is 395 g/mol. The molecule has 0 saturated carbocycles. The maximum atomic E-state index is 12.1. The Labute approximate surface area is 154 Å². The Bertz CT molecular complexity index is 1090. The molecule has 3 aromatic rings. The zero-order chi connectivity index (χ0) is 18.9. The summed E-state index contributed by atoms with van der Waals surface area (Å²) in [5.41, 5.74) is 2.23. The molecule has 3 rings (SSSR count). The lowest BCUT2D eigenvalue weighted by Crippen LogP contribution is -2.26. The van der Waals surface area contributed by atoms with E-state index >= 15 is 0 Å². The fraction of sp³-hybridized carbons (Fsp3) is 0.188. The highest BCUT2D eigenvalue weighted by Crippen LogP contribution is 2.19. The number of fused-ring (bicyclic) bond motifs is 1. The van der Waals surface area contributed by atoms with Gasteiger partial charge < -0.3 is 10.2 Å². The van der Waals surface area contributed by atoms with E-state index < -0.39 is 15.7 Å². The van der Waals surface area contributed by atoms with Crippen molar-refractivity contribution in [2.45, 2.75) is 11.8 Å². The van der Waals surface area contributed by atoms with Crippen molar-refractivity contribution in [2.24, 2.45) is 0 Å². The van der Waals surface area contributed by atoms with Crippen molar-refractivity contribution in [1.82, 2.24) is 15.2 Å². The summed E-state index contributed by atoms with van der Waals surface area (Å²) in [4.78, 5) is 18.6. The van der Waals surface area contributed by atoms with Gasteiger partial charge in [0.15, 0.2) is 16.4 Å². The number of aromatic nitrogens is 3. The van der Waals surface area contributed by atoms with E-state index in [1.54, 1.807) is 18.2 Å². The van der Waals surface area contributed by atoms with Crippen LogP contribution >= 0.6 is 11.6 Å². The van der Waals surface area contributed by atoms with Crippen molar-refractivity contribution in [3.8, 4) is 0 Å². The van der Waals surface area contributed by atoms with Crippen molar-refractivity contribution in [3.63, 3.8) is 0 Å². The molecule has 8 nitrogen and oxygen atoms in total. The van der Waals surface area contributed by atoms with Crippen LogP contribution in [0.15, 0.2) is 41.3 Å². The van der Waals surface area contributed by atoms with E-state index in [1.165, 1.54) is 18.2 Å². The van der Waals surface area contributed by atoms with Crippen LogP contribution in [-0.2, 0) is 14.6 Å². The number of nitrogens with one attached hydrogen (secondary N) is 1. The number of benzene rings is 2. The molecule has 1 N–H and O–H groups in total. The largest absolute Gasteiger partial charge is 0.385 e. The fourth-order valence-corrected chi connectivity index (χ4v) is 3.14. The van der Waals surface area contributed by atoms with Gasteiger partial charge in [-0.05, 0) is 54.1 Å². The number of amides is 1. The maximum Gasteiger partial charge on any atom is 0.265 e. The Morgan fingerprint density at radius 3 is 2.73 bits per heavy atom. The molecule has 0 aliphatic carbocycles. The van der Waals surface area contributed by atoms with Crippen LogP contribution in [0.1, 0.15) is 5.56 Å². The summed E-state index contributed by atoms with van der Waals surface area (Å²) in [5, 5.41) is 10.9. The van der Waals surface area contributed by atoms with Crippen molar-refractivity contribution in [1.29, 1.82) is 0 Å². The summed E-state index contributed by atoms with van der Waals surface area (Å²) in [6.45, 7) is 1.49. The molecular formula is C16H15ClN4O4S. The lowest BCUT2D eigenvalue weighted by atomic mass is 10.2. The number of carbonyl (C=O) groups is 1. The number of rotatable bonds is 5. The van der Waals surface area contributed by atoms with Gasteiger partial charge in [-0.25, -0.2) is 8.42 Å². The molecule has 0 radical (unpaired) electrons. The monoisotopic (exact) mass is 394 g/mol. The van der Waals surface area contributed by atoms with E-state index in [4.69, 9.17) is 16.4 Å². The van der Waals surface area contributed by atoms with Crippen LogP contribution in [0.5, 0.6) is 0 Å². The maximum absolute atomic E-state index is 12.1. The highest BCUT2D eigenvalue weighted by atomic mass is 35.5. The summed E-state index contributed by atoms with van der Waals surface area (Å²) < 4.78 is 23.3. The Kier molecular flexibility index (Phi) is 4.84. The van der Waals surface area contributed by atoms with Crippen LogP contribution in [0.3, 0.4) is 0 Å². The molecule has 0 spiro atoms. The first-order chi connectivity index (χ1) is 12.2. The second-order valence-corrected chi connectivity index (χ2v) is 8.12. The van der Waals surface area contributed by atoms with Crippen molar-refractivity contribution < 1.29 is 18.0 Å². The third-order valence-electron chi connectivity index (χ3n) is 3.60. The topological polar surface area (TPSA) is 103 Å². The summed E-state index contributed by atoms with van der Waals surface area (Å²) >= 11 is 5.88. The van der Waals surface area contributed by atoms with E-state index in [2.05, 4.69) is 15.6 Å². The summed E-state index contributed by atoms with van der Waals surface area (Å²) in [6.07, 6.45) is 1.10. The average Bonchev–Trinajstić information content (AvgIpc) is 2.97. The molecule has 0 saturated heterocycles. The van der Waals surface area contributed by atoms with Crippen LogP contribution in [0.4, 0.5) is 5.69 Å². The van der Waals surface area contributed by atoms with Gasteiger partial charge >= 0.3 is 0 Å². The third-order valence-corrected chi connectivity index (χ3v) is 4.94. The van der Waals surface area contributed by atoms with Gasteiger partial charge in [0.25, 0.3) is 5.91 Å². The highest BCUT2D eigenvalue weighted by Gasteiger charge is 2.13. The molecule has 0 unspecified atom stereocenters. The molecular weight excluding hydrogens is 380 g/mol. The first kappa shape index (κ1) is 18.2. The number of halogens is 1. The van der Waals surface area contributed by atoms with Gasteiger partial charge in [-0.3, -0.25) is 4.79 Å². The molecule has 1 heterocycles. The minimum Gasteiger partial charge on any atom is -0.385 e. The van der Waals surface area contributed by atoms with Gasteiger partial charge in [-0.15, -0.1) is 5.10 Å². The number of aryl methyl sites for hydroxylation is 1. The molecule has 136 valence electrons. The van der Waals surface area contributed by atoms with Crippen LogP contribution in [0.25, 0.3) is 11.0 Å². The van der Waals surface area contributed by atoms with E-state index in [9.17, 15) is 13.2 Å². The number of hydrogen-bond acceptors (Lipinski definition) is 6. The minimum absolute atomic E-state index is 0.110. The highest BCUT2D eigenvalue weighted by molar-refractivity contribution is 7.90. The van der Waals surface area contributed by atoms with Crippen LogP contribution in [-0.4, -0.2) is 42.3 Å². The lowest BCUT2D eigenvalue weighted by Gasteiger charge is -2.09. The quantitative estimate of drug-likeness (QED) is 0.708. The minimum atomic E-state index is -3.38. The number of nitrogens with zero attached hydrogens (tertiary/aromatic N) is 3. The second kappa shape index (κ2) is 6.93. The Balaban J connectivity index is 1.74. The molecule has 1 aromatic heterocycles. The molecule has 0 bridgehead atoms. The van der Waals surface area contributed by atoms with Gasteiger partial charge in [0.2, 0.25) is 0 Å². The molecule has 1 amide bonds. The van der Waals surface area contributed by atoms with Crippen molar-refractivity contribution in [2.75, 3.05) is 18.2 Å². The van der Waals surface area contributed by atoms with Crippen molar-refractivity contribution in [3.05, 3.63) is 47.0 Å². The number of anilines is 1. The summed E-state index contributed by atoms with van der Waals surface area (Å²) in [5.74, 6) is -0.404. The smallest absolute Gasteiger partial charge is 0.265 e. The Morgan fingerprint density at radius 1 is 1.27 bits per heavy atom. The van der Waals surface area contributed by atoms with Crippen LogP contribution in [0, 0.1) is 6.92 Å². The molecule has 0 aliphatic heterocycles. The number of hydrogen-bond donors (Lipinski definition) is 1. The first-order valence-corrected chi connectivity index (χ1v) is 9.76. The van der Waals surface area contributed by atoms with Gasteiger partial charge in [-0.1, -0.05) is 16.4 Å². The predicted molar refractivity (Wildman–Crippen MR) is 96.9 cm³/mol. The third kappa shape index (κ3) is 3.94. The van der Waals surface area contributed by atoms with Gasteiger partial charge in [-0.2, -0.15) is 0 Å². The SMILES string of the molecule is Cc1cc(Cl)ccc1NC(=O)COn1nnc2ccc(S(C)(=O)=O)cc21. The van der Waals surface area contributed by atoms with Gasteiger partial charge in [0, 0.05) is 17.0 Å². The van der Waals surface area contributed by atoms with E-state index in [0.29, 0.717) is 21.7 Å². The predicted octanol–water partition coefficient (Wildman–Crippen LogP) is 1.86. The Morgan fingerprint density at radius 2 is 2.04 bits per heavy atom. The van der Waals surface area contributed by atoms with Gasteiger partial charge in [0.1, 0.15) is 11.0 Å². The van der Waals surface area contributed by atoms with E-state index in [0.717, 1.165) is 16.7 Å². The zero-order valence-electron chi connectivity index (χ0n) is 13.9. The Hall–Kier alpha value is -2.65. The first-order valence-electron chi connectivity index (χ1n) is 7.49. The van der Waals surface area contributed by atoms with Crippen molar-refractivity contribution >= 4 is 44.1 Å². The van der Waals surface area contributed by atoms with Crippen LogP contribution < -0.4 is 10.2 Å². The van der Waals surface area contributed by atoms with E-state index in [1.807, 2.05) is 6.92 Å². The summed E-state index contributed by atoms with van der Waals surface area (Å²) in [6, 6.07) is 9.45. The lowest BCUT2D eigenvalue weighted by molar-refractivity contribution is -0.121. The molecule has 0 atom stereocenters. The van der Waals surface area contributed by atoms with Crippen LogP contribution in [0.2, 0.25) is 5.02 Å². The number of carbonyl (C=O) groups excluding carboxylic acids is 1. The fourth-order valence-electron chi connectivity index (χ4n) is 2.28. The second-order valence-electron chi connectivity index (χ2n) is 5.67. The zero-order valence-corrected chi connectivity index (χ0v) is 15.5.